The summed E-state index contributed by atoms with van der Waals surface area (Å²) in [5.41, 5.74) is 14.1. The Bertz CT molecular complexity index is 702. The van der Waals surface area contributed by atoms with Crippen molar-refractivity contribution in [3.05, 3.63) is 30.6 Å². The number of hydrogen-bond donors (Lipinski definition) is 3. The number of nitrogen functional groups attached to an aromatic ring is 2. The van der Waals surface area contributed by atoms with Crippen molar-refractivity contribution in [3.8, 4) is 0 Å². The molecule has 0 unspecified atom stereocenters. The smallest absolute Gasteiger partial charge is 0.206 e. The normalized spacial score (nSPS) is 10.1. The Hall–Kier alpha value is -2.90. The number of nitrogens with zero attached hydrogens (tertiary/aromatic N) is 5. The van der Waals surface area contributed by atoms with Gasteiger partial charge in [-0.15, -0.1) is 5.10 Å². The number of H-pyrrole nitrogens is 1. The van der Waals surface area contributed by atoms with E-state index in [4.69, 9.17) is 11.5 Å². The van der Waals surface area contributed by atoms with Gasteiger partial charge in [0.2, 0.25) is 5.65 Å². The Morgan fingerprint density at radius 2 is 1.68 bits per heavy atom. The van der Waals surface area contributed by atoms with E-state index in [0.717, 1.165) is 18.8 Å². The van der Waals surface area contributed by atoms with Crippen LogP contribution in [0.15, 0.2) is 30.6 Å². The highest BCUT2D eigenvalue weighted by Gasteiger charge is 2.01. The molecule has 116 valence electrons. The van der Waals surface area contributed by atoms with Crippen molar-refractivity contribution in [1.29, 1.82) is 0 Å². The van der Waals surface area contributed by atoms with Crippen molar-refractivity contribution < 1.29 is 0 Å². The van der Waals surface area contributed by atoms with Crippen LogP contribution in [0.25, 0.3) is 11.2 Å². The standard InChI is InChI=1S/C10H16N2.C4H4N6/c1-3-12(4-2)10-7-5-9(11)6-8-10;5-3-2-4(7-1-6-3)9-10-8-2/h5-8H,3-4,11H2,1-2H3;1H,(H3,5,6,7,8,9,10). The van der Waals surface area contributed by atoms with Gasteiger partial charge in [0.25, 0.3) is 0 Å². The monoisotopic (exact) mass is 300 g/mol. The highest BCUT2D eigenvalue weighted by atomic mass is 15.3. The molecule has 1 aromatic carbocycles. The van der Waals surface area contributed by atoms with Crippen molar-refractivity contribution in [2.75, 3.05) is 29.5 Å². The molecule has 0 spiro atoms. The van der Waals surface area contributed by atoms with Crippen molar-refractivity contribution in [2.45, 2.75) is 13.8 Å². The molecule has 5 N–H and O–H groups in total. The Kier molecular flexibility index (Phi) is 5.07. The molecule has 0 saturated carbocycles. The summed E-state index contributed by atoms with van der Waals surface area (Å²) in [7, 11) is 0. The van der Waals surface area contributed by atoms with Gasteiger partial charge in [-0.2, -0.15) is 10.3 Å². The molecule has 0 radical (unpaired) electrons. The Labute approximate surface area is 128 Å². The largest absolute Gasteiger partial charge is 0.399 e. The van der Waals surface area contributed by atoms with Crippen LogP contribution in [-0.4, -0.2) is 38.5 Å². The summed E-state index contributed by atoms with van der Waals surface area (Å²) in [5, 5.41) is 9.84. The molecule has 0 fully saturated rings. The summed E-state index contributed by atoms with van der Waals surface area (Å²) in [6.45, 7) is 6.39. The fourth-order valence-corrected chi connectivity index (χ4v) is 1.97. The second-order valence-electron chi connectivity index (χ2n) is 4.52. The summed E-state index contributed by atoms with van der Waals surface area (Å²) in [4.78, 5) is 9.82. The number of nitrogens with one attached hydrogen (secondary N) is 1. The predicted octanol–water partition coefficient (Wildman–Crippen LogP) is 1.45. The van der Waals surface area contributed by atoms with E-state index in [1.807, 2.05) is 12.1 Å². The highest BCUT2D eigenvalue weighted by molar-refractivity contribution is 5.79. The molecule has 2 aromatic heterocycles. The molecule has 22 heavy (non-hydrogen) atoms. The first-order chi connectivity index (χ1) is 10.7. The summed E-state index contributed by atoms with van der Waals surface area (Å²) >= 11 is 0. The number of hydrogen-bond acceptors (Lipinski definition) is 7. The lowest BCUT2D eigenvalue weighted by Gasteiger charge is -2.20. The first-order valence-corrected chi connectivity index (χ1v) is 7.03. The zero-order chi connectivity index (χ0) is 15.9. The molecule has 0 amide bonds. The number of anilines is 3. The average molecular weight is 300 g/mol. The third-order valence-electron chi connectivity index (χ3n) is 3.17. The maximum absolute atomic E-state index is 5.59. The number of rotatable bonds is 3. The highest BCUT2D eigenvalue weighted by Crippen LogP contribution is 2.15. The van der Waals surface area contributed by atoms with Gasteiger partial charge in [0, 0.05) is 24.5 Å². The zero-order valence-electron chi connectivity index (χ0n) is 12.7. The second kappa shape index (κ2) is 7.21. The lowest BCUT2D eigenvalue weighted by atomic mass is 10.2. The van der Waals surface area contributed by atoms with Gasteiger partial charge in [-0.05, 0) is 38.1 Å². The fraction of sp³-hybridized carbons (Fsp3) is 0.286. The van der Waals surface area contributed by atoms with Crippen LogP contribution in [0.5, 0.6) is 0 Å². The summed E-state index contributed by atoms with van der Waals surface area (Å²) < 4.78 is 0. The summed E-state index contributed by atoms with van der Waals surface area (Å²) in [6, 6.07) is 7.99. The van der Waals surface area contributed by atoms with E-state index in [0.29, 0.717) is 17.0 Å². The van der Waals surface area contributed by atoms with Crippen LogP contribution in [0, 0.1) is 0 Å². The predicted molar refractivity (Wildman–Crippen MR) is 88.3 cm³/mol. The Morgan fingerprint density at radius 1 is 1.00 bits per heavy atom. The minimum atomic E-state index is 0.346. The molecule has 0 bridgehead atoms. The molecule has 0 aliphatic rings. The molecule has 3 rings (SSSR count). The van der Waals surface area contributed by atoms with Crippen molar-refractivity contribution in [1.82, 2.24) is 25.4 Å². The van der Waals surface area contributed by atoms with E-state index in [1.54, 1.807) is 0 Å². The lowest BCUT2D eigenvalue weighted by molar-refractivity contribution is 0.866. The third kappa shape index (κ3) is 3.60. The fourth-order valence-electron chi connectivity index (χ4n) is 1.97. The van der Waals surface area contributed by atoms with Crippen LogP contribution in [0.3, 0.4) is 0 Å². The maximum Gasteiger partial charge on any atom is 0.206 e. The molecule has 0 saturated heterocycles. The van der Waals surface area contributed by atoms with E-state index in [2.05, 4.69) is 56.3 Å². The van der Waals surface area contributed by atoms with Crippen molar-refractivity contribution >= 4 is 28.4 Å². The number of nitrogens with two attached hydrogens (primary N) is 2. The van der Waals surface area contributed by atoms with Crippen LogP contribution in [0.1, 0.15) is 13.8 Å². The molecular weight excluding hydrogens is 280 g/mol. The van der Waals surface area contributed by atoms with E-state index < -0.39 is 0 Å². The van der Waals surface area contributed by atoms with Crippen LogP contribution in [0.4, 0.5) is 17.2 Å². The molecule has 3 aromatic rings. The van der Waals surface area contributed by atoms with Gasteiger partial charge in [0.05, 0.1) is 0 Å². The van der Waals surface area contributed by atoms with Gasteiger partial charge >= 0.3 is 0 Å². The van der Waals surface area contributed by atoms with Crippen LogP contribution >= 0.6 is 0 Å². The Morgan fingerprint density at radius 3 is 2.27 bits per heavy atom. The van der Waals surface area contributed by atoms with Gasteiger partial charge in [-0.3, -0.25) is 0 Å². The molecule has 0 atom stereocenters. The maximum atomic E-state index is 5.59. The molecule has 8 nitrogen and oxygen atoms in total. The molecule has 8 heteroatoms. The number of aromatic amines is 1. The molecule has 0 aliphatic carbocycles. The van der Waals surface area contributed by atoms with Crippen LogP contribution in [-0.2, 0) is 0 Å². The number of benzene rings is 1. The average Bonchev–Trinajstić information content (AvgIpc) is 3.01. The first-order valence-electron chi connectivity index (χ1n) is 7.03. The molecular formula is C14H20N8. The summed E-state index contributed by atoms with van der Waals surface area (Å²) in [6.07, 6.45) is 1.35. The second-order valence-corrected chi connectivity index (χ2v) is 4.52. The van der Waals surface area contributed by atoms with Gasteiger partial charge in [-0.1, -0.05) is 0 Å². The van der Waals surface area contributed by atoms with E-state index in [-0.39, 0.29) is 0 Å². The molecule has 0 aliphatic heterocycles. The SMILES string of the molecule is CCN(CC)c1ccc(N)cc1.Nc1ncnc2n[nH]nc12. The van der Waals surface area contributed by atoms with Crippen LogP contribution in [0.2, 0.25) is 0 Å². The number of fused-ring (bicyclic) bond motifs is 1. The lowest BCUT2D eigenvalue weighted by Crippen LogP contribution is -2.21. The molecule has 2 heterocycles. The van der Waals surface area contributed by atoms with Gasteiger partial charge in [0.15, 0.2) is 11.3 Å². The minimum Gasteiger partial charge on any atom is -0.399 e. The third-order valence-corrected chi connectivity index (χ3v) is 3.17. The van der Waals surface area contributed by atoms with Crippen molar-refractivity contribution in [3.63, 3.8) is 0 Å². The van der Waals surface area contributed by atoms with Gasteiger partial charge in [-0.25, -0.2) is 9.97 Å². The zero-order valence-corrected chi connectivity index (χ0v) is 12.7. The topological polar surface area (TPSA) is 123 Å². The van der Waals surface area contributed by atoms with E-state index >= 15 is 0 Å². The van der Waals surface area contributed by atoms with E-state index in [1.165, 1.54) is 12.0 Å². The van der Waals surface area contributed by atoms with Gasteiger partial charge in [0.1, 0.15) is 6.33 Å². The first kappa shape index (κ1) is 15.5. The van der Waals surface area contributed by atoms with Crippen molar-refractivity contribution in [2.24, 2.45) is 0 Å². The van der Waals surface area contributed by atoms with E-state index in [9.17, 15) is 0 Å². The Balaban J connectivity index is 0.000000162. The van der Waals surface area contributed by atoms with Gasteiger partial charge < -0.3 is 16.4 Å². The number of aromatic nitrogens is 5. The minimum absolute atomic E-state index is 0.346. The quantitative estimate of drug-likeness (QED) is 0.625. The van der Waals surface area contributed by atoms with Crippen LogP contribution < -0.4 is 16.4 Å². The summed E-state index contributed by atoms with van der Waals surface area (Å²) in [5.74, 6) is 0.346.